The maximum atomic E-state index is 10.7. The Morgan fingerprint density at radius 2 is 2.16 bits per heavy atom. The summed E-state index contributed by atoms with van der Waals surface area (Å²) in [6, 6.07) is 6.86. The SMILES string of the molecule is O=C(O)C1CC1CNCCc1ccc2c(c1)CCC2. The van der Waals surface area contributed by atoms with Crippen LogP contribution in [0.5, 0.6) is 0 Å². The van der Waals surface area contributed by atoms with E-state index in [4.69, 9.17) is 5.11 Å². The molecule has 2 atom stereocenters. The zero-order valence-electron chi connectivity index (χ0n) is 11.2. The van der Waals surface area contributed by atoms with Crippen molar-refractivity contribution in [3.63, 3.8) is 0 Å². The molecular formula is C16H21NO2. The number of hydrogen-bond donors (Lipinski definition) is 2. The van der Waals surface area contributed by atoms with Crippen LogP contribution in [-0.2, 0) is 24.1 Å². The maximum Gasteiger partial charge on any atom is 0.306 e. The first-order chi connectivity index (χ1) is 9.24. The van der Waals surface area contributed by atoms with Crippen molar-refractivity contribution in [3.05, 3.63) is 34.9 Å². The zero-order valence-corrected chi connectivity index (χ0v) is 11.2. The van der Waals surface area contributed by atoms with E-state index in [9.17, 15) is 4.79 Å². The highest BCUT2D eigenvalue weighted by atomic mass is 16.4. The molecule has 1 aromatic rings. The molecule has 2 unspecified atom stereocenters. The molecule has 3 rings (SSSR count). The minimum atomic E-state index is -0.634. The minimum absolute atomic E-state index is 0.0903. The monoisotopic (exact) mass is 259 g/mol. The number of aliphatic carboxylic acids is 1. The maximum absolute atomic E-state index is 10.7. The Morgan fingerprint density at radius 3 is 2.95 bits per heavy atom. The molecule has 0 amide bonds. The van der Waals surface area contributed by atoms with E-state index < -0.39 is 5.97 Å². The van der Waals surface area contributed by atoms with Crippen molar-refractivity contribution < 1.29 is 9.90 Å². The van der Waals surface area contributed by atoms with Crippen LogP contribution in [-0.4, -0.2) is 24.2 Å². The van der Waals surface area contributed by atoms with Crippen molar-refractivity contribution in [1.82, 2.24) is 5.32 Å². The summed E-state index contributed by atoms with van der Waals surface area (Å²) in [7, 11) is 0. The molecule has 19 heavy (non-hydrogen) atoms. The van der Waals surface area contributed by atoms with Crippen LogP contribution in [0.3, 0.4) is 0 Å². The lowest BCUT2D eigenvalue weighted by Crippen LogP contribution is -2.21. The molecule has 102 valence electrons. The van der Waals surface area contributed by atoms with Gasteiger partial charge >= 0.3 is 5.97 Å². The molecule has 0 bridgehead atoms. The highest BCUT2D eigenvalue weighted by Gasteiger charge is 2.42. The minimum Gasteiger partial charge on any atom is -0.481 e. The standard InChI is InChI=1S/C16H21NO2/c18-16(19)15-9-14(15)10-17-7-6-11-4-5-12-2-1-3-13(12)8-11/h4-5,8,14-15,17H,1-3,6-7,9-10H2,(H,18,19). The molecule has 1 aromatic carbocycles. The third-order valence-corrected chi connectivity index (χ3v) is 4.40. The molecule has 3 heteroatoms. The predicted molar refractivity (Wildman–Crippen MR) is 74.3 cm³/mol. The fourth-order valence-electron chi connectivity index (χ4n) is 3.08. The van der Waals surface area contributed by atoms with Gasteiger partial charge in [-0.2, -0.15) is 0 Å². The van der Waals surface area contributed by atoms with Gasteiger partial charge in [-0.15, -0.1) is 0 Å². The Labute approximate surface area is 114 Å². The Hall–Kier alpha value is -1.35. The normalized spacial score (nSPS) is 24.2. The molecule has 0 aliphatic heterocycles. The summed E-state index contributed by atoms with van der Waals surface area (Å²) in [4.78, 5) is 10.7. The van der Waals surface area contributed by atoms with Crippen LogP contribution in [0, 0.1) is 11.8 Å². The van der Waals surface area contributed by atoms with Gasteiger partial charge in [0.25, 0.3) is 0 Å². The number of fused-ring (bicyclic) bond motifs is 1. The molecule has 0 heterocycles. The fourth-order valence-corrected chi connectivity index (χ4v) is 3.08. The number of carbonyl (C=O) groups is 1. The van der Waals surface area contributed by atoms with Gasteiger partial charge in [0.05, 0.1) is 5.92 Å². The van der Waals surface area contributed by atoms with Gasteiger partial charge in [-0.25, -0.2) is 0 Å². The Balaban J connectivity index is 1.40. The zero-order chi connectivity index (χ0) is 13.2. The molecule has 2 N–H and O–H groups in total. The smallest absolute Gasteiger partial charge is 0.306 e. The second-order valence-corrected chi connectivity index (χ2v) is 5.85. The summed E-state index contributed by atoms with van der Waals surface area (Å²) in [5, 5.41) is 12.2. The average Bonchev–Trinajstić information content (AvgIpc) is 3.03. The van der Waals surface area contributed by atoms with Gasteiger partial charge in [0.15, 0.2) is 0 Å². The van der Waals surface area contributed by atoms with Crippen LogP contribution in [0.15, 0.2) is 18.2 Å². The van der Waals surface area contributed by atoms with Crippen molar-refractivity contribution in [2.24, 2.45) is 11.8 Å². The van der Waals surface area contributed by atoms with Gasteiger partial charge in [-0.05, 0) is 67.8 Å². The van der Waals surface area contributed by atoms with E-state index in [0.29, 0.717) is 5.92 Å². The number of benzene rings is 1. The molecule has 0 aromatic heterocycles. The number of carboxylic acids is 1. The second-order valence-electron chi connectivity index (χ2n) is 5.85. The third kappa shape index (κ3) is 2.98. The fraction of sp³-hybridized carbons (Fsp3) is 0.562. The summed E-state index contributed by atoms with van der Waals surface area (Å²) in [6.07, 6.45) is 5.67. The molecule has 2 aliphatic carbocycles. The van der Waals surface area contributed by atoms with Gasteiger partial charge in [0, 0.05) is 0 Å². The summed E-state index contributed by atoms with van der Waals surface area (Å²) in [5.41, 5.74) is 4.46. The van der Waals surface area contributed by atoms with E-state index in [1.165, 1.54) is 36.0 Å². The van der Waals surface area contributed by atoms with Crippen LogP contribution in [0.25, 0.3) is 0 Å². The number of hydrogen-bond acceptors (Lipinski definition) is 2. The van der Waals surface area contributed by atoms with Gasteiger partial charge in [0.1, 0.15) is 0 Å². The van der Waals surface area contributed by atoms with E-state index in [1.807, 2.05) is 0 Å². The summed E-state index contributed by atoms with van der Waals surface area (Å²) in [5.74, 6) is -0.365. The van der Waals surface area contributed by atoms with Gasteiger partial charge in [0.2, 0.25) is 0 Å². The highest BCUT2D eigenvalue weighted by Crippen LogP contribution is 2.37. The molecule has 0 spiro atoms. The van der Waals surface area contributed by atoms with Gasteiger partial charge < -0.3 is 10.4 Å². The summed E-state index contributed by atoms with van der Waals surface area (Å²) in [6.45, 7) is 1.80. The Kier molecular flexibility index (Phi) is 3.56. The first kappa shape index (κ1) is 12.7. The topological polar surface area (TPSA) is 49.3 Å². The Morgan fingerprint density at radius 1 is 1.32 bits per heavy atom. The summed E-state index contributed by atoms with van der Waals surface area (Å²) >= 11 is 0. The van der Waals surface area contributed by atoms with E-state index in [-0.39, 0.29) is 5.92 Å². The molecule has 1 fully saturated rings. The van der Waals surface area contributed by atoms with E-state index in [0.717, 1.165) is 25.9 Å². The molecular weight excluding hydrogens is 238 g/mol. The molecule has 0 saturated heterocycles. The quantitative estimate of drug-likeness (QED) is 0.769. The van der Waals surface area contributed by atoms with Crippen molar-refractivity contribution in [3.8, 4) is 0 Å². The van der Waals surface area contributed by atoms with Gasteiger partial charge in [-0.3, -0.25) is 4.79 Å². The van der Waals surface area contributed by atoms with Crippen molar-refractivity contribution in [2.45, 2.75) is 32.1 Å². The highest BCUT2D eigenvalue weighted by molar-refractivity contribution is 5.73. The molecule has 0 radical (unpaired) electrons. The largest absolute Gasteiger partial charge is 0.481 e. The molecule has 2 aliphatic rings. The third-order valence-electron chi connectivity index (χ3n) is 4.40. The van der Waals surface area contributed by atoms with Crippen LogP contribution in [0.4, 0.5) is 0 Å². The number of rotatable bonds is 6. The van der Waals surface area contributed by atoms with E-state index >= 15 is 0 Å². The second kappa shape index (κ2) is 5.33. The first-order valence-corrected chi connectivity index (χ1v) is 7.28. The van der Waals surface area contributed by atoms with E-state index in [2.05, 4.69) is 23.5 Å². The first-order valence-electron chi connectivity index (χ1n) is 7.28. The average molecular weight is 259 g/mol. The lowest BCUT2D eigenvalue weighted by Gasteiger charge is -2.06. The van der Waals surface area contributed by atoms with E-state index in [1.54, 1.807) is 0 Å². The lowest BCUT2D eigenvalue weighted by atomic mass is 10.0. The van der Waals surface area contributed by atoms with Crippen LogP contribution in [0.2, 0.25) is 0 Å². The van der Waals surface area contributed by atoms with Crippen molar-refractivity contribution >= 4 is 5.97 Å². The molecule has 3 nitrogen and oxygen atoms in total. The lowest BCUT2D eigenvalue weighted by molar-refractivity contribution is -0.138. The Bertz CT molecular complexity index is 484. The van der Waals surface area contributed by atoms with Crippen LogP contribution in [0.1, 0.15) is 29.5 Å². The number of nitrogens with one attached hydrogen (secondary N) is 1. The predicted octanol–water partition coefficient (Wildman–Crippen LogP) is 2.03. The number of aryl methyl sites for hydroxylation is 2. The van der Waals surface area contributed by atoms with Crippen molar-refractivity contribution in [2.75, 3.05) is 13.1 Å². The van der Waals surface area contributed by atoms with Crippen LogP contribution >= 0.6 is 0 Å². The van der Waals surface area contributed by atoms with Gasteiger partial charge in [-0.1, -0.05) is 18.2 Å². The summed E-state index contributed by atoms with van der Waals surface area (Å²) < 4.78 is 0. The molecule has 1 saturated carbocycles. The van der Waals surface area contributed by atoms with Crippen LogP contribution < -0.4 is 5.32 Å². The van der Waals surface area contributed by atoms with Crippen molar-refractivity contribution in [1.29, 1.82) is 0 Å². The number of carboxylic acid groups (broad SMARTS) is 1.